The Balaban J connectivity index is 1.42. The van der Waals surface area contributed by atoms with Gasteiger partial charge in [-0.2, -0.15) is 18.3 Å². The van der Waals surface area contributed by atoms with Crippen LogP contribution in [-0.2, 0) is 17.4 Å². The molecule has 7 nitrogen and oxygen atoms in total. The van der Waals surface area contributed by atoms with Crippen molar-refractivity contribution < 1.29 is 22.7 Å². The number of benzene rings is 1. The lowest BCUT2D eigenvalue weighted by Crippen LogP contribution is -2.38. The van der Waals surface area contributed by atoms with Gasteiger partial charge in [0.15, 0.2) is 5.65 Å². The molecule has 3 heterocycles. The van der Waals surface area contributed by atoms with Crippen LogP contribution in [0.3, 0.4) is 0 Å². The molecule has 2 aromatic heterocycles. The Labute approximate surface area is 182 Å². The zero-order valence-electron chi connectivity index (χ0n) is 17.6. The number of carbonyl (C=O) groups is 1. The van der Waals surface area contributed by atoms with E-state index in [9.17, 15) is 18.0 Å². The molecule has 170 valence electrons. The van der Waals surface area contributed by atoms with Gasteiger partial charge in [0.2, 0.25) is 5.91 Å². The Hall–Kier alpha value is -3.30. The maximum atomic E-state index is 13.6. The van der Waals surface area contributed by atoms with E-state index in [2.05, 4.69) is 15.2 Å². The van der Waals surface area contributed by atoms with Crippen molar-refractivity contribution in [2.24, 2.45) is 0 Å². The molecule has 3 N–H and O–H groups in total. The predicted octanol–water partition coefficient (Wildman–Crippen LogP) is 3.91. The van der Waals surface area contributed by atoms with Crippen LogP contribution in [0.2, 0.25) is 0 Å². The van der Waals surface area contributed by atoms with Crippen LogP contribution in [-0.4, -0.2) is 46.2 Å². The molecule has 4 rings (SSSR count). The number of para-hydroxylation sites is 1. The van der Waals surface area contributed by atoms with E-state index in [4.69, 9.17) is 10.5 Å². The minimum atomic E-state index is -4.57. The summed E-state index contributed by atoms with van der Waals surface area (Å²) in [5.74, 6) is 0.437. The summed E-state index contributed by atoms with van der Waals surface area (Å²) in [6.45, 7) is 0.943. The highest BCUT2D eigenvalue weighted by Crippen LogP contribution is 2.39. The third kappa shape index (κ3) is 4.35. The first kappa shape index (κ1) is 21.9. The maximum Gasteiger partial charge on any atom is 0.417 e. The monoisotopic (exact) mass is 447 g/mol. The van der Waals surface area contributed by atoms with E-state index in [1.807, 2.05) is 24.3 Å². The SMILES string of the molecule is COc1ccccc1CCC(=O)N1CCC(c2cc(C(F)(F)F)c3c(N)[nH]nc3n2)CC1. The van der Waals surface area contributed by atoms with E-state index in [-0.39, 0.29) is 28.7 Å². The van der Waals surface area contributed by atoms with Crippen molar-refractivity contribution in [2.45, 2.75) is 37.8 Å². The second-order valence-corrected chi connectivity index (χ2v) is 7.90. The van der Waals surface area contributed by atoms with Crippen LogP contribution in [0.25, 0.3) is 11.0 Å². The van der Waals surface area contributed by atoms with Crippen LogP contribution >= 0.6 is 0 Å². The molecule has 1 amide bonds. The van der Waals surface area contributed by atoms with Gasteiger partial charge in [-0.25, -0.2) is 4.98 Å². The van der Waals surface area contributed by atoms with Gasteiger partial charge in [-0.3, -0.25) is 9.89 Å². The fraction of sp³-hybridized carbons (Fsp3) is 0.409. The summed E-state index contributed by atoms with van der Waals surface area (Å²) in [6, 6.07) is 8.64. The lowest BCUT2D eigenvalue weighted by Gasteiger charge is -2.32. The molecular formula is C22H24F3N5O2. The molecule has 0 bridgehead atoms. The van der Waals surface area contributed by atoms with Gasteiger partial charge in [-0.05, 0) is 37.0 Å². The Morgan fingerprint density at radius 3 is 2.69 bits per heavy atom. The number of hydrogen-bond donors (Lipinski definition) is 2. The van der Waals surface area contributed by atoms with Crippen molar-refractivity contribution in [3.63, 3.8) is 0 Å². The van der Waals surface area contributed by atoms with Crippen molar-refractivity contribution in [1.82, 2.24) is 20.1 Å². The van der Waals surface area contributed by atoms with E-state index in [1.54, 1.807) is 12.0 Å². The van der Waals surface area contributed by atoms with Crippen LogP contribution in [0.4, 0.5) is 19.0 Å². The molecule has 0 saturated carbocycles. The Morgan fingerprint density at radius 1 is 1.28 bits per heavy atom. The number of nitrogen functional groups attached to an aromatic ring is 1. The summed E-state index contributed by atoms with van der Waals surface area (Å²) in [4.78, 5) is 18.8. The molecule has 0 aliphatic carbocycles. The summed E-state index contributed by atoms with van der Waals surface area (Å²) in [7, 11) is 1.60. The third-order valence-electron chi connectivity index (χ3n) is 5.94. The number of H-pyrrole nitrogens is 1. The van der Waals surface area contributed by atoms with Crippen molar-refractivity contribution in [3.05, 3.63) is 47.2 Å². The number of aromatic amines is 1. The molecule has 0 spiro atoms. The highest BCUT2D eigenvalue weighted by Gasteiger charge is 2.36. The van der Waals surface area contributed by atoms with Gasteiger partial charge in [0.05, 0.1) is 18.1 Å². The van der Waals surface area contributed by atoms with E-state index in [0.717, 1.165) is 17.4 Å². The molecule has 1 fully saturated rings. The van der Waals surface area contributed by atoms with Crippen molar-refractivity contribution in [1.29, 1.82) is 0 Å². The quantitative estimate of drug-likeness (QED) is 0.618. The molecule has 10 heteroatoms. The minimum Gasteiger partial charge on any atom is -0.496 e. The molecule has 1 aliphatic heterocycles. The first-order valence-electron chi connectivity index (χ1n) is 10.4. The highest BCUT2D eigenvalue weighted by atomic mass is 19.4. The zero-order chi connectivity index (χ0) is 22.9. The number of pyridine rings is 1. The average molecular weight is 447 g/mol. The van der Waals surface area contributed by atoms with E-state index < -0.39 is 11.7 Å². The minimum absolute atomic E-state index is 0.0221. The van der Waals surface area contributed by atoms with Crippen LogP contribution in [0, 0.1) is 0 Å². The molecule has 0 radical (unpaired) electrons. The summed E-state index contributed by atoms with van der Waals surface area (Å²) >= 11 is 0. The summed E-state index contributed by atoms with van der Waals surface area (Å²) in [5, 5.41) is 6.00. The van der Waals surface area contributed by atoms with Crippen molar-refractivity contribution in [2.75, 3.05) is 25.9 Å². The number of methoxy groups -OCH3 is 1. The normalized spacial score (nSPS) is 15.3. The first-order valence-corrected chi connectivity index (χ1v) is 10.4. The third-order valence-corrected chi connectivity index (χ3v) is 5.94. The number of ether oxygens (including phenoxy) is 1. The molecule has 0 unspecified atom stereocenters. The first-order chi connectivity index (χ1) is 15.3. The van der Waals surface area contributed by atoms with E-state index in [0.29, 0.717) is 44.5 Å². The number of nitrogens with two attached hydrogens (primary N) is 1. The second kappa shape index (κ2) is 8.68. The van der Waals surface area contributed by atoms with Crippen molar-refractivity contribution in [3.8, 4) is 5.75 Å². The lowest BCUT2D eigenvalue weighted by molar-refractivity contribution is -0.136. The number of anilines is 1. The number of aromatic nitrogens is 3. The smallest absolute Gasteiger partial charge is 0.417 e. The van der Waals surface area contributed by atoms with Gasteiger partial charge in [-0.15, -0.1) is 0 Å². The summed E-state index contributed by atoms with van der Waals surface area (Å²) < 4.78 is 46.1. The number of rotatable bonds is 5. The zero-order valence-corrected chi connectivity index (χ0v) is 17.6. The van der Waals surface area contributed by atoms with Crippen molar-refractivity contribution >= 4 is 22.8 Å². The number of halogens is 3. The van der Waals surface area contributed by atoms with Gasteiger partial charge in [-0.1, -0.05) is 18.2 Å². The van der Waals surface area contributed by atoms with Gasteiger partial charge in [0.25, 0.3) is 0 Å². The molecule has 1 aliphatic rings. The molecule has 32 heavy (non-hydrogen) atoms. The fourth-order valence-corrected chi connectivity index (χ4v) is 4.23. The number of alkyl halides is 3. The number of likely N-dealkylation sites (tertiary alicyclic amines) is 1. The average Bonchev–Trinajstić information content (AvgIpc) is 3.17. The topological polar surface area (TPSA) is 97.1 Å². The highest BCUT2D eigenvalue weighted by molar-refractivity contribution is 5.89. The maximum absolute atomic E-state index is 13.6. The molecule has 1 saturated heterocycles. The number of fused-ring (bicyclic) bond motifs is 1. The largest absolute Gasteiger partial charge is 0.496 e. The van der Waals surface area contributed by atoms with E-state index in [1.165, 1.54) is 0 Å². The van der Waals surface area contributed by atoms with Gasteiger partial charge in [0.1, 0.15) is 11.6 Å². The molecule has 0 atom stereocenters. The number of amides is 1. The summed E-state index contributed by atoms with van der Waals surface area (Å²) in [5.41, 5.74) is 6.06. The second-order valence-electron chi connectivity index (χ2n) is 7.90. The van der Waals surface area contributed by atoms with Crippen LogP contribution in [0.1, 0.15) is 42.0 Å². The predicted molar refractivity (Wildman–Crippen MR) is 113 cm³/mol. The molecular weight excluding hydrogens is 423 g/mol. The van der Waals surface area contributed by atoms with Crippen LogP contribution < -0.4 is 10.5 Å². The Kier molecular flexibility index (Phi) is 5.94. The summed E-state index contributed by atoms with van der Waals surface area (Å²) in [6.07, 6.45) is -2.58. The molecule has 1 aromatic carbocycles. The van der Waals surface area contributed by atoms with Gasteiger partial charge >= 0.3 is 6.18 Å². The lowest BCUT2D eigenvalue weighted by atomic mass is 9.91. The fourth-order valence-electron chi connectivity index (χ4n) is 4.23. The Morgan fingerprint density at radius 2 is 2.00 bits per heavy atom. The molecule has 3 aromatic rings. The number of nitrogens with one attached hydrogen (secondary N) is 1. The number of carbonyl (C=O) groups excluding carboxylic acids is 1. The van der Waals surface area contributed by atoms with E-state index >= 15 is 0 Å². The number of piperidine rings is 1. The Bertz CT molecular complexity index is 1120. The standard InChI is InChI=1S/C22H24F3N5O2/c1-32-17-5-3-2-4-14(17)6-7-18(31)30-10-8-13(9-11-30)16-12-15(22(23,24)25)19-20(26)28-29-21(19)27-16/h2-5,12-13H,6-11H2,1H3,(H3,26,27,28,29). The van der Waals surface area contributed by atoms with Gasteiger partial charge < -0.3 is 15.4 Å². The number of nitrogens with zero attached hydrogens (tertiary/aromatic N) is 3. The van der Waals surface area contributed by atoms with Gasteiger partial charge in [0, 0.05) is 31.1 Å². The number of aryl methyl sites for hydroxylation is 1. The van der Waals surface area contributed by atoms with Crippen LogP contribution in [0.15, 0.2) is 30.3 Å². The van der Waals surface area contributed by atoms with Crippen LogP contribution in [0.5, 0.6) is 5.75 Å². The number of hydrogen-bond acceptors (Lipinski definition) is 5.